The molecule has 1 amide bonds. The first-order valence-electron chi connectivity index (χ1n) is 8.34. The van der Waals surface area contributed by atoms with Gasteiger partial charge in [-0.2, -0.15) is 0 Å². The first-order valence-corrected chi connectivity index (χ1v) is 8.34. The molecule has 1 aromatic heterocycles. The van der Waals surface area contributed by atoms with Crippen LogP contribution in [0.4, 0.5) is 5.82 Å². The third-order valence-electron chi connectivity index (χ3n) is 4.77. The maximum absolute atomic E-state index is 12.4. The van der Waals surface area contributed by atoms with Crippen LogP contribution in [0.3, 0.4) is 0 Å². The van der Waals surface area contributed by atoms with Crippen molar-refractivity contribution >= 4 is 11.7 Å². The average molecular weight is 303 g/mol. The lowest BCUT2D eigenvalue weighted by atomic mass is 9.95. The summed E-state index contributed by atoms with van der Waals surface area (Å²) in [6.45, 7) is 5.34. The van der Waals surface area contributed by atoms with Crippen LogP contribution in [-0.2, 0) is 4.79 Å². The van der Waals surface area contributed by atoms with Gasteiger partial charge in [0.2, 0.25) is 5.91 Å². The third kappa shape index (κ3) is 3.24. The van der Waals surface area contributed by atoms with Gasteiger partial charge in [0.15, 0.2) is 0 Å². The van der Waals surface area contributed by atoms with Crippen molar-refractivity contribution in [3.8, 4) is 0 Å². The lowest BCUT2D eigenvalue weighted by molar-refractivity contribution is -0.135. The number of aliphatic hydroxyl groups is 1. The molecule has 0 radical (unpaired) electrons. The van der Waals surface area contributed by atoms with Crippen LogP contribution in [0.5, 0.6) is 0 Å². The SMILES string of the molecule is C[C@@H](O)c1cccc(N2CCC(C(=O)N3CCCC3)CC2)n1. The van der Waals surface area contributed by atoms with Gasteiger partial charge in [0.1, 0.15) is 5.82 Å². The van der Waals surface area contributed by atoms with Gasteiger partial charge in [-0.3, -0.25) is 4.79 Å². The van der Waals surface area contributed by atoms with Gasteiger partial charge in [-0.1, -0.05) is 6.07 Å². The maximum atomic E-state index is 12.4. The number of hydrogen-bond donors (Lipinski definition) is 1. The van der Waals surface area contributed by atoms with Crippen molar-refractivity contribution < 1.29 is 9.90 Å². The Morgan fingerprint density at radius 1 is 1.23 bits per heavy atom. The second kappa shape index (κ2) is 6.65. The van der Waals surface area contributed by atoms with Crippen LogP contribution in [0, 0.1) is 5.92 Å². The van der Waals surface area contributed by atoms with E-state index in [9.17, 15) is 9.90 Å². The summed E-state index contributed by atoms with van der Waals surface area (Å²) in [5, 5.41) is 9.65. The zero-order valence-corrected chi connectivity index (χ0v) is 13.2. The smallest absolute Gasteiger partial charge is 0.225 e. The van der Waals surface area contributed by atoms with Crippen molar-refractivity contribution in [3.05, 3.63) is 23.9 Å². The predicted molar refractivity (Wildman–Crippen MR) is 85.6 cm³/mol. The summed E-state index contributed by atoms with van der Waals surface area (Å²) in [6.07, 6.45) is 3.56. The van der Waals surface area contributed by atoms with Gasteiger partial charge < -0.3 is 14.9 Å². The summed E-state index contributed by atoms with van der Waals surface area (Å²) in [5.74, 6) is 1.43. The van der Waals surface area contributed by atoms with Crippen molar-refractivity contribution in [1.82, 2.24) is 9.88 Å². The third-order valence-corrected chi connectivity index (χ3v) is 4.77. The Hall–Kier alpha value is -1.62. The van der Waals surface area contributed by atoms with Crippen LogP contribution in [-0.4, -0.2) is 47.1 Å². The fraction of sp³-hybridized carbons (Fsp3) is 0.647. The highest BCUT2D eigenvalue weighted by Crippen LogP contribution is 2.25. The first kappa shape index (κ1) is 15.3. The van der Waals surface area contributed by atoms with Crippen molar-refractivity contribution in [2.24, 2.45) is 5.92 Å². The van der Waals surface area contributed by atoms with Crippen LogP contribution in [0.15, 0.2) is 18.2 Å². The highest BCUT2D eigenvalue weighted by atomic mass is 16.3. The molecule has 120 valence electrons. The van der Waals surface area contributed by atoms with E-state index in [1.54, 1.807) is 6.92 Å². The molecular weight excluding hydrogens is 278 g/mol. The Kier molecular flexibility index (Phi) is 4.62. The van der Waals surface area contributed by atoms with Gasteiger partial charge in [0, 0.05) is 32.1 Å². The van der Waals surface area contributed by atoms with Gasteiger partial charge in [0.05, 0.1) is 11.8 Å². The van der Waals surface area contributed by atoms with Crippen LogP contribution in [0.2, 0.25) is 0 Å². The van der Waals surface area contributed by atoms with E-state index in [1.807, 2.05) is 23.1 Å². The number of likely N-dealkylation sites (tertiary alicyclic amines) is 1. The molecule has 22 heavy (non-hydrogen) atoms. The number of pyridine rings is 1. The lowest BCUT2D eigenvalue weighted by Gasteiger charge is -2.34. The maximum Gasteiger partial charge on any atom is 0.225 e. The molecular formula is C17H25N3O2. The molecule has 2 saturated heterocycles. The van der Waals surface area contributed by atoms with Crippen molar-refractivity contribution in [3.63, 3.8) is 0 Å². The molecule has 3 heterocycles. The molecule has 2 aliphatic heterocycles. The number of amides is 1. The highest BCUT2D eigenvalue weighted by Gasteiger charge is 2.30. The zero-order valence-electron chi connectivity index (χ0n) is 13.2. The Morgan fingerprint density at radius 2 is 1.91 bits per heavy atom. The van der Waals surface area contributed by atoms with Gasteiger partial charge in [-0.05, 0) is 44.7 Å². The minimum atomic E-state index is -0.547. The van der Waals surface area contributed by atoms with Crippen LogP contribution >= 0.6 is 0 Å². The van der Waals surface area contributed by atoms with E-state index >= 15 is 0 Å². The molecule has 1 N–H and O–H groups in total. The molecule has 0 aromatic carbocycles. The number of aliphatic hydroxyl groups excluding tert-OH is 1. The normalized spacial score (nSPS) is 21.2. The Bertz CT molecular complexity index is 518. The Labute approximate surface area is 131 Å². The molecule has 0 saturated carbocycles. The molecule has 0 bridgehead atoms. The van der Waals surface area contributed by atoms with Crippen LogP contribution in [0.1, 0.15) is 44.4 Å². The molecule has 1 aromatic rings. The number of hydrogen-bond acceptors (Lipinski definition) is 4. The summed E-state index contributed by atoms with van der Waals surface area (Å²) < 4.78 is 0. The number of piperidine rings is 1. The molecule has 0 unspecified atom stereocenters. The van der Waals surface area contributed by atoms with Gasteiger partial charge in [-0.15, -0.1) is 0 Å². The number of carbonyl (C=O) groups excluding carboxylic acids is 1. The van der Waals surface area contributed by atoms with Crippen molar-refractivity contribution in [2.45, 2.75) is 38.7 Å². The topological polar surface area (TPSA) is 56.7 Å². The number of rotatable bonds is 3. The van der Waals surface area contributed by atoms with Crippen molar-refractivity contribution in [1.29, 1.82) is 0 Å². The average Bonchev–Trinajstić information content (AvgIpc) is 3.09. The quantitative estimate of drug-likeness (QED) is 0.927. The minimum absolute atomic E-state index is 0.175. The van der Waals surface area contributed by atoms with E-state index in [2.05, 4.69) is 9.88 Å². The van der Waals surface area contributed by atoms with Crippen LogP contribution in [0.25, 0.3) is 0 Å². The monoisotopic (exact) mass is 303 g/mol. The van der Waals surface area contributed by atoms with E-state index in [1.165, 1.54) is 0 Å². The highest BCUT2D eigenvalue weighted by molar-refractivity contribution is 5.79. The second-order valence-electron chi connectivity index (χ2n) is 6.39. The molecule has 1 atom stereocenters. The largest absolute Gasteiger partial charge is 0.387 e. The number of nitrogens with zero attached hydrogens (tertiary/aromatic N) is 3. The zero-order chi connectivity index (χ0) is 15.5. The van der Waals surface area contributed by atoms with E-state index in [4.69, 9.17) is 0 Å². The van der Waals surface area contributed by atoms with Crippen LogP contribution < -0.4 is 4.90 Å². The lowest BCUT2D eigenvalue weighted by Crippen LogP contribution is -2.42. The summed E-state index contributed by atoms with van der Waals surface area (Å²) in [7, 11) is 0. The predicted octanol–water partition coefficient (Wildman–Crippen LogP) is 1.97. The molecule has 2 aliphatic rings. The summed E-state index contributed by atoms with van der Waals surface area (Å²) in [6, 6.07) is 5.76. The first-order chi connectivity index (χ1) is 10.6. The molecule has 5 heteroatoms. The van der Waals surface area contributed by atoms with E-state index in [0.29, 0.717) is 11.6 Å². The van der Waals surface area contributed by atoms with Crippen molar-refractivity contribution in [2.75, 3.05) is 31.1 Å². The second-order valence-corrected chi connectivity index (χ2v) is 6.39. The van der Waals surface area contributed by atoms with E-state index < -0.39 is 6.10 Å². The molecule has 0 aliphatic carbocycles. The number of aromatic nitrogens is 1. The molecule has 5 nitrogen and oxygen atoms in total. The summed E-state index contributed by atoms with van der Waals surface area (Å²) in [5.41, 5.74) is 0.702. The number of carbonyl (C=O) groups is 1. The fourth-order valence-electron chi connectivity index (χ4n) is 3.40. The Morgan fingerprint density at radius 3 is 2.55 bits per heavy atom. The number of anilines is 1. The summed E-state index contributed by atoms with van der Waals surface area (Å²) >= 11 is 0. The standard InChI is InChI=1S/C17H25N3O2/c1-13(21)15-5-4-6-16(18-15)19-11-7-14(8-12-19)17(22)20-9-2-3-10-20/h4-6,13-14,21H,2-3,7-12H2,1H3/t13-/m1/s1. The molecule has 3 rings (SSSR count). The van der Waals surface area contributed by atoms with E-state index in [-0.39, 0.29) is 5.92 Å². The van der Waals surface area contributed by atoms with Gasteiger partial charge in [-0.25, -0.2) is 4.98 Å². The molecule has 2 fully saturated rings. The fourth-order valence-corrected chi connectivity index (χ4v) is 3.40. The van der Waals surface area contributed by atoms with Gasteiger partial charge >= 0.3 is 0 Å². The Balaban J connectivity index is 1.59. The molecule has 0 spiro atoms. The van der Waals surface area contributed by atoms with E-state index in [0.717, 1.165) is 57.7 Å². The summed E-state index contributed by atoms with van der Waals surface area (Å²) in [4.78, 5) is 21.2. The minimum Gasteiger partial charge on any atom is -0.387 e. The van der Waals surface area contributed by atoms with Gasteiger partial charge in [0.25, 0.3) is 0 Å².